The zero-order chi connectivity index (χ0) is 13.1. The van der Waals surface area contributed by atoms with Gasteiger partial charge in [0.05, 0.1) is 4.91 Å². The fourth-order valence-corrected chi connectivity index (χ4v) is 2.37. The van der Waals surface area contributed by atoms with Gasteiger partial charge in [-0.05, 0) is 35.4 Å². The summed E-state index contributed by atoms with van der Waals surface area (Å²) in [5, 5.41) is -0.418. The molecule has 1 fully saturated rings. The van der Waals surface area contributed by atoms with Crippen molar-refractivity contribution < 1.29 is 9.59 Å². The SMILES string of the molecule is C#CN1C(=O)S/C(=C/c2ccc(CC)cc2)C1=O. The number of thioether (sulfide) groups is 1. The van der Waals surface area contributed by atoms with Crippen LogP contribution in [0.2, 0.25) is 0 Å². The van der Waals surface area contributed by atoms with E-state index in [1.165, 1.54) is 5.56 Å². The number of benzene rings is 1. The number of aryl methyl sites for hydroxylation is 1. The molecule has 1 aromatic rings. The zero-order valence-corrected chi connectivity index (χ0v) is 10.7. The van der Waals surface area contributed by atoms with Gasteiger partial charge < -0.3 is 0 Å². The Kier molecular flexibility index (Phi) is 3.54. The van der Waals surface area contributed by atoms with Gasteiger partial charge in [-0.15, -0.1) is 0 Å². The van der Waals surface area contributed by atoms with Crippen LogP contribution in [0.3, 0.4) is 0 Å². The molecule has 0 aromatic heterocycles. The van der Waals surface area contributed by atoms with Gasteiger partial charge in [0.2, 0.25) is 0 Å². The minimum absolute atomic E-state index is 0.363. The molecule has 0 saturated carbocycles. The van der Waals surface area contributed by atoms with Crippen LogP contribution in [-0.4, -0.2) is 16.0 Å². The summed E-state index contributed by atoms with van der Waals surface area (Å²) >= 11 is 0.867. The number of imide groups is 1. The number of hydrogen-bond donors (Lipinski definition) is 0. The van der Waals surface area contributed by atoms with Crippen LogP contribution in [0, 0.1) is 12.5 Å². The first-order valence-electron chi connectivity index (χ1n) is 5.49. The van der Waals surface area contributed by atoms with Gasteiger partial charge in [0.25, 0.3) is 5.91 Å². The molecule has 0 aliphatic carbocycles. The molecule has 1 saturated heterocycles. The fraction of sp³-hybridized carbons (Fsp3) is 0.143. The Balaban J connectivity index is 2.26. The predicted molar refractivity (Wildman–Crippen MR) is 72.5 cm³/mol. The summed E-state index contributed by atoms with van der Waals surface area (Å²) < 4.78 is 0. The van der Waals surface area contributed by atoms with Crippen LogP contribution in [0.25, 0.3) is 6.08 Å². The monoisotopic (exact) mass is 257 g/mol. The molecule has 0 radical (unpaired) electrons. The fourth-order valence-electron chi connectivity index (χ4n) is 1.58. The molecule has 2 rings (SSSR count). The van der Waals surface area contributed by atoms with Crippen LogP contribution >= 0.6 is 11.8 Å². The largest absolute Gasteiger partial charge is 0.305 e. The van der Waals surface area contributed by atoms with Crippen molar-refractivity contribution in [3.05, 3.63) is 40.3 Å². The van der Waals surface area contributed by atoms with Crippen LogP contribution in [0.1, 0.15) is 18.1 Å². The second kappa shape index (κ2) is 5.11. The lowest BCUT2D eigenvalue weighted by atomic mass is 10.1. The molecule has 1 aliphatic rings. The Hall–Kier alpha value is -1.99. The van der Waals surface area contributed by atoms with Crippen molar-refractivity contribution in [3.8, 4) is 12.5 Å². The van der Waals surface area contributed by atoms with Crippen molar-refractivity contribution >= 4 is 29.0 Å². The minimum Gasteiger partial charge on any atom is -0.267 e. The number of terminal acetylenes is 1. The van der Waals surface area contributed by atoms with Crippen molar-refractivity contribution in [1.29, 1.82) is 0 Å². The minimum atomic E-state index is -0.424. The highest BCUT2D eigenvalue weighted by Gasteiger charge is 2.34. The van der Waals surface area contributed by atoms with E-state index in [0.717, 1.165) is 28.6 Å². The van der Waals surface area contributed by atoms with Crippen LogP contribution in [0.15, 0.2) is 29.2 Å². The Bertz CT molecular complexity index is 566. The van der Waals surface area contributed by atoms with Gasteiger partial charge in [-0.3, -0.25) is 9.59 Å². The smallest absolute Gasteiger partial charge is 0.267 e. The third-order valence-corrected chi connectivity index (χ3v) is 3.48. The highest BCUT2D eigenvalue weighted by molar-refractivity contribution is 8.18. The molecule has 1 aliphatic heterocycles. The highest BCUT2D eigenvalue weighted by Crippen LogP contribution is 2.31. The second-order valence-corrected chi connectivity index (χ2v) is 4.73. The van der Waals surface area contributed by atoms with E-state index in [2.05, 4.69) is 13.0 Å². The van der Waals surface area contributed by atoms with Crippen molar-refractivity contribution in [2.45, 2.75) is 13.3 Å². The van der Waals surface area contributed by atoms with Crippen molar-refractivity contribution in [1.82, 2.24) is 4.90 Å². The Labute approximate surface area is 110 Å². The van der Waals surface area contributed by atoms with E-state index < -0.39 is 11.1 Å². The molecule has 0 unspecified atom stereocenters. The standard InChI is InChI=1S/C14H11NO2S/c1-3-10-5-7-11(8-6-10)9-12-13(16)15(4-2)14(17)18-12/h2,5-9H,3H2,1H3/b12-9+. The van der Waals surface area contributed by atoms with E-state index in [9.17, 15) is 9.59 Å². The van der Waals surface area contributed by atoms with Crippen molar-refractivity contribution in [2.75, 3.05) is 0 Å². The molecule has 0 atom stereocenters. The quantitative estimate of drug-likeness (QED) is 0.604. The lowest BCUT2D eigenvalue weighted by molar-refractivity contribution is -0.120. The summed E-state index contributed by atoms with van der Waals surface area (Å²) in [5.41, 5.74) is 2.11. The van der Waals surface area contributed by atoms with E-state index in [1.807, 2.05) is 24.3 Å². The predicted octanol–water partition coefficient (Wildman–Crippen LogP) is 2.88. The molecule has 18 heavy (non-hydrogen) atoms. The molecular formula is C14H11NO2S. The highest BCUT2D eigenvalue weighted by atomic mass is 32.2. The first-order valence-corrected chi connectivity index (χ1v) is 6.30. The molecule has 2 amide bonds. The Morgan fingerprint density at radius 2 is 2.00 bits per heavy atom. The van der Waals surface area contributed by atoms with Gasteiger partial charge in [-0.25, -0.2) is 0 Å². The van der Waals surface area contributed by atoms with E-state index in [0.29, 0.717) is 4.91 Å². The second-order valence-electron chi connectivity index (χ2n) is 3.74. The lowest BCUT2D eigenvalue weighted by Crippen LogP contribution is -2.21. The lowest BCUT2D eigenvalue weighted by Gasteiger charge is -2.00. The maximum atomic E-state index is 11.7. The van der Waals surface area contributed by atoms with Gasteiger partial charge in [0, 0.05) is 6.04 Å². The summed E-state index contributed by atoms with van der Waals surface area (Å²) in [4.78, 5) is 24.3. The number of hydrogen-bond acceptors (Lipinski definition) is 3. The molecule has 1 heterocycles. The maximum absolute atomic E-state index is 11.7. The Morgan fingerprint density at radius 1 is 1.33 bits per heavy atom. The summed E-state index contributed by atoms with van der Waals surface area (Å²) in [6.07, 6.45) is 7.75. The molecule has 1 aromatic carbocycles. The summed E-state index contributed by atoms with van der Waals surface area (Å²) in [5.74, 6) is -0.424. The number of rotatable bonds is 2. The van der Waals surface area contributed by atoms with Crippen LogP contribution in [-0.2, 0) is 11.2 Å². The normalized spacial score (nSPS) is 17.3. The van der Waals surface area contributed by atoms with E-state index >= 15 is 0 Å². The third-order valence-electron chi connectivity index (χ3n) is 2.61. The average molecular weight is 257 g/mol. The van der Waals surface area contributed by atoms with Crippen LogP contribution in [0.5, 0.6) is 0 Å². The van der Waals surface area contributed by atoms with Crippen LogP contribution < -0.4 is 0 Å². The zero-order valence-electron chi connectivity index (χ0n) is 9.84. The Morgan fingerprint density at radius 3 is 2.50 bits per heavy atom. The molecule has 0 spiro atoms. The van der Waals surface area contributed by atoms with Gasteiger partial charge in [0.1, 0.15) is 0 Å². The van der Waals surface area contributed by atoms with E-state index in [4.69, 9.17) is 6.42 Å². The van der Waals surface area contributed by atoms with Crippen molar-refractivity contribution in [2.24, 2.45) is 0 Å². The maximum Gasteiger partial charge on any atom is 0.305 e. The van der Waals surface area contributed by atoms with E-state index in [1.54, 1.807) is 6.08 Å². The molecule has 0 N–H and O–H groups in total. The molecule has 90 valence electrons. The number of nitrogens with zero attached hydrogens (tertiary/aromatic N) is 1. The number of carbonyl (C=O) groups excluding carboxylic acids is 2. The summed E-state index contributed by atoms with van der Waals surface area (Å²) in [6, 6.07) is 9.90. The molecule has 0 bridgehead atoms. The van der Waals surface area contributed by atoms with Crippen molar-refractivity contribution in [3.63, 3.8) is 0 Å². The first kappa shape index (κ1) is 12.5. The van der Waals surface area contributed by atoms with Crippen LogP contribution in [0.4, 0.5) is 4.79 Å². The first-order chi connectivity index (χ1) is 8.65. The van der Waals surface area contributed by atoms with Gasteiger partial charge >= 0.3 is 5.24 Å². The third kappa shape index (κ3) is 2.31. The summed E-state index contributed by atoms with van der Waals surface area (Å²) in [7, 11) is 0. The average Bonchev–Trinajstić information content (AvgIpc) is 2.65. The summed E-state index contributed by atoms with van der Waals surface area (Å²) in [6.45, 7) is 2.08. The molecule has 3 nitrogen and oxygen atoms in total. The van der Waals surface area contributed by atoms with Gasteiger partial charge in [-0.2, -0.15) is 4.90 Å². The van der Waals surface area contributed by atoms with E-state index in [-0.39, 0.29) is 0 Å². The topological polar surface area (TPSA) is 37.4 Å². The molecule has 4 heteroatoms. The number of carbonyl (C=O) groups is 2. The number of amides is 2. The molecular weight excluding hydrogens is 246 g/mol. The van der Waals surface area contributed by atoms with Gasteiger partial charge in [0.15, 0.2) is 0 Å². The van der Waals surface area contributed by atoms with Gasteiger partial charge in [-0.1, -0.05) is 37.6 Å².